The Labute approximate surface area is 85.7 Å². The van der Waals surface area contributed by atoms with Gasteiger partial charge in [-0.05, 0) is 32.6 Å². The molecule has 1 amide bonds. The molecule has 0 unspecified atom stereocenters. The molecule has 0 aromatic heterocycles. The number of primary amides is 1. The monoisotopic (exact) mass is 196 g/mol. The van der Waals surface area contributed by atoms with Crippen LogP contribution in [0.5, 0.6) is 0 Å². The molecule has 3 heteroatoms. The molecule has 0 aromatic carbocycles. The van der Waals surface area contributed by atoms with Crippen LogP contribution in [-0.4, -0.2) is 18.5 Å². The molecule has 3 N–H and O–H groups in total. The zero-order chi connectivity index (χ0) is 10.6. The van der Waals surface area contributed by atoms with Crippen molar-refractivity contribution in [2.24, 2.45) is 11.7 Å². The molecule has 1 fully saturated rings. The molecule has 80 valence electrons. The summed E-state index contributed by atoms with van der Waals surface area (Å²) in [6, 6.07) is 0.544. The highest BCUT2D eigenvalue weighted by atomic mass is 16.1. The highest BCUT2D eigenvalue weighted by Crippen LogP contribution is 2.23. The van der Waals surface area contributed by atoms with Crippen molar-refractivity contribution in [1.29, 1.82) is 0 Å². The van der Waals surface area contributed by atoms with Gasteiger partial charge in [-0.3, -0.25) is 4.79 Å². The predicted molar refractivity (Wildman–Crippen MR) is 57.8 cm³/mol. The third-order valence-corrected chi connectivity index (χ3v) is 2.82. The van der Waals surface area contributed by atoms with Crippen LogP contribution in [0.3, 0.4) is 0 Å². The number of carbonyl (C=O) groups excluding carboxylic acids is 1. The Hall–Kier alpha value is -0.830. The molecule has 0 bridgehead atoms. The molecule has 1 aliphatic rings. The van der Waals surface area contributed by atoms with Gasteiger partial charge in [0.05, 0.1) is 0 Å². The Morgan fingerprint density at radius 2 is 2.00 bits per heavy atom. The van der Waals surface area contributed by atoms with E-state index in [1.807, 2.05) is 6.92 Å². The van der Waals surface area contributed by atoms with E-state index >= 15 is 0 Å². The Morgan fingerprint density at radius 3 is 2.43 bits per heavy atom. The summed E-state index contributed by atoms with van der Waals surface area (Å²) in [6.07, 6.45) is 3.98. The number of carbonyl (C=O) groups is 1. The minimum Gasteiger partial charge on any atom is -0.369 e. The molecule has 1 rings (SSSR count). The summed E-state index contributed by atoms with van der Waals surface area (Å²) in [4.78, 5) is 10.9. The molecule has 0 atom stereocenters. The van der Waals surface area contributed by atoms with Gasteiger partial charge in [0.15, 0.2) is 0 Å². The summed E-state index contributed by atoms with van der Waals surface area (Å²) in [5.74, 6) is -0.0266. The lowest BCUT2D eigenvalue weighted by Crippen LogP contribution is -2.37. The highest BCUT2D eigenvalue weighted by molar-refractivity contribution is 5.76. The number of hydrogen-bond acceptors (Lipinski definition) is 2. The molecule has 14 heavy (non-hydrogen) atoms. The average molecular weight is 196 g/mol. The molecular weight excluding hydrogens is 176 g/mol. The lowest BCUT2D eigenvalue weighted by molar-refractivity contribution is -0.122. The largest absolute Gasteiger partial charge is 0.369 e. The standard InChI is InChI=1S/C11H20N2O/c1-8(2)7-13-10-5-3-9(4-6-10)11(12)14/h9-10,13H,1,3-7H2,2H3,(H2,12,14). The Bertz CT molecular complexity index is 217. The number of amides is 1. The maximum absolute atomic E-state index is 10.9. The smallest absolute Gasteiger partial charge is 0.220 e. The maximum atomic E-state index is 10.9. The Kier molecular flexibility index (Phi) is 4.14. The van der Waals surface area contributed by atoms with Crippen LogP contribution in [0.4, 0.5) is 0 Å². The first-order valence-corrected chi connectivity index (χ1v) is 5.26. The van der Waals surface area contributed by atoms with E-state index in [1.54, 1.807) is 0 Å². The lowest BCUT2D eigenvalue weighted by atomic mass is 9.85. The van der Waals surface area contributed by atoms with E-state index < -0.39 is 0 Å². The van der Waals surface area contributed by atoms with Gasteiger partial charge in [-0.25, -0.2) is 0 Å². The zero-order valence-electron chi connectivity index (χ0n) is 8.88. The summed E-state index contributed by atoms with van der Waals surface area (Å²) in [5.41, 5.74) is 6.42. The van der Waals surface area contributed by atoms with Gasteiger partial charge in [-0.2, -0.15) is 0 Å². The van der Waals surface area contributed by atoms with Gasteiger partial charge >= 0.3 is 0 Å². The molecule has 0 aliphatic heterocycles. The summed E-state index contributed by atoms with van der Waals surface area (Å²) >= 11 is 0. The van der Waals surface area contributed by atoms with E-state index in [9.17, 15) is 4.79 Å². The summed E-state index contributed by atoms with van der Waals surface area (Å²) in [7, 11) is 0. The van der Waals surface area contributed by atoms with Gasteiger partial charge in [-0.1, -0.05) is 12.2 Å². The summed E-state index contributed by atoms with van der Waals surface area (Å²) < 4.78 is 0. The van der Waals surface area contributed by atoms with Crippen molar-refractivity contribution in [2.45, 2.75) is 38.6 Å². The van der Waals surface area contributed by atoms with Crippen LogP contribution in [0.1, 0.15) is 32.6 Å². The van der Waals surface area contributed by atoms with Crippen molar-refractivity contribution in [1.82, 2.24) is 5.32 Å². The first kappa shape index (κ1) is 11.2. The van der Waals surface area contributed by atoms with E-state index in [-0.39, 0.29) is 11.8 Å². The fourth-order valence-corrected chi connectivity index (χ4v) is 1.90. The number of rotatable bonds is 4. The summed E-state index contributed by atoms with van der Waals surface area (Å²) in [5, 5.41) is 3.43. The van der Waals surface area contributed by atoms with Crippen molar-refractivity contribution in [3.63, 3.8) is 0 Å². The molecule has 0 aromatic rings. The van der Waals surface area contributed by atoms with E-state index in [1.165, 1.54) is 0 Å². The maximum Gasteiger partial charge on any atom is 0.220 e. The van der Waals surface area contributed by atoms with Gasteiger partial charge in [0.2, 0.25) is 5.91 Å². The molecule has 1 saturated carbocycles. The summed E-state index contributed by atoms with van der Waals surface area (Å²) in [6.45, 7) is 6.74. The van der Waals surface area contributed by atoms with Gasteiger partial charge in [0.1, 0.15) is 0 Å². The van der Waals surface area contributed by atoms with Crippen LogP contribution in [0, 0.1) is 5.92 Å². The van der Waals surface area contributed by atoms with E-state index in [0.717, 1.165) is 37.8 Å². The highest BCUT2D eigenvalue weighted by Gasteiger charge is 2.23. The van der Waals surface area contributed by atoms with Gasteiger partial charge in [-0.15, -0.1) is 0 Å². The van der Waals surface area contributed by atoms with Crippen molar-refractivity contribution in [2.75, 3.05) is 6.54 Å². The average Bonchev–Trinajstić information content (AvgIpc) is 2.15. The normalized spacial score (nSPS) is 27.2. The molecule has 0 saturated heterocycles. The molecule has 0 spiro atoms. The van der Waals surface area contributed by atoms with Crippen LogP contribution in [0.2, 0.25) is 0 Å². The number of nitrogens with one attached hydrogen (secondary N) is 1. The van der Waals surface area contributed by atoms with Gasteiger partial charge in [0.25, 0.3) is 0 Å². The van der Waals surface area contributed by atoms with Crippen molar-refractivity contribution in [3.05, 3.63) is 12.2 Å². The van der Waals surface area contributed by atoms with Crippen LogP contribution in [-0.2, 0) is 4.79 Å². The van der Waals surface area contributed by atoms with Crippen LogP contribution >= 0.6 is 0 Å². The quantitative estimate of drug-likeness (QED) is 0.664. The second kappa shape index (κ2) is 5.15. The zero-order valence-corrected chi connectivity index (χ0v) is 8.88. The minimum atomic E-state index is -0.136. The van der Waals surface area contributed by atoms with Crippen molar-refractivity contribution in [3.8, 4) is 0 Å². The fourth-order valence-electron chi connectivity index (χ4n) is 1.90. The van der Waals surface area contributed by atoms with Gasteiger partial charge in [0, 0.05) is 18.5 Å². The van der Waals surface area contributed by atoms with Crippen molar-refractivity contribution >= 4 is 5.91 Å². The minimum absolute atomic E-state index is 0.109. The first-order valence-electron chi connectivity index (χ1n) is 5.26. The third kappa shape index (κ3) is 3.50. The van der Waals surface area contributed by atoms with Crippen LogP contribution in [0.15, 0.2) is 12.2 Å². The van der Waals surface area contributed by atoms with Crippen molar-refractivity contribution < 1.29 is 4.79 Å². The fraction of sp³-hybridized carbons (Fsp3) is 0.727. The number of hydrogen-bond donors (Lipinski definition) is 2. The Morgan fingerprint density at radius 1 is 1.43 bits per heavy atom. The predicted octanol–water partition coefficient (Wildman–Crippen LogP) is 1.20. The van der Waals surface area contributed by atoms with Crippen LogP contribution in [0.25, 0.3) is 0 Å². The first-order chi connectivity index (χ1) is 6.59. The molecule has 1 aliphatic carbocycles. The SMILES string of the molecule is C=C(C)CNC1CCC(C(N)=O)CC1. The molecule has 3 nitrogen and oxygen atoms in total. The Balaban J connectivity index is 2.22. The molecule has 0 radical (unpaired) electrons. The second-order valence-corrected chi connectivity index (χ2v) is 4.29. The van der Waals surface area contributed by atoms with E-state index in [2.05, 4.69) is 11.9 Å². The second-order valence-electron chi connectivity index (χ2n) is 4.29. The molecule has 0 heterocycles. The third-order valence-electron chi connectivity index (χ3n) is 2.82. The lowest BCUT2D eigenvalue weighted by Gasteiger charge is -2.27. The number of nitrogens with two attached hydrogens (primary N) is 1. The van der Waals surface area contributed by atoms with E-state index in [0.29, 0.717) is 6.04 Å². The van der Waals surface area contributed by atoms with E-state index in [4.69, 9.17) is 5.73 Å². The topological polar surface area (TPSA) is 55.1 Å². The van der Waals surface area contributed by atoms with Crippen LogP contribution < -0.4 is 11.1 Å². The molecular formula is C11H20N2O. The van der Waals surface area contributed by atoms with Gasteiger partial charge < -0.3 is 11.1 Å².